The lowest BCUT2D eigenvalue weighted by molar-refractivity contribution is 0.0372. The van der Waals surface area contributed by atoms with Crippen molar-refractivity contribution in [2.45, 2.75) is 18.6 Å². The Bertz CT molecular complexity index is 198. The molecule has 2 aliphatic heterocycles. The molecular formula is C11H22N2O3. The SMILES string of the molecule is OC1COCC1NCCCN1CCOCC1. The summed E-state index contributed by atoms with van der Waals surface area (Å²) in [6, 6.07) is 0.129. The maximum atomic E-state index is 9.52. The summed E-state index contributed by atoms with van der Waals surface area (Å²) in [5.74, 6) is 0. The molecule has 0 radical (unpaired) electrons. The Balaban J connectivity index is 1.51. The molecule has 5 heteroatoms. The highest BCUT2D eigenvalue weighted by molar-refractivity contribution is 4.80. The van der Waals surface area contributed by atoms with Gasteiger partial charge in [-0.3, -0.25) is 4.90 Å². The molecule has 0 aromatic carbocycles. The van der Waals surface area contributed by atoms with E-state index in [4.69, 9.17) is 9.47 Å². The fraction of sp³-hybridized carbons (Fsp3) is 1.00. The fourth-order valence-corrected chi connectivity index (χ4v) is 2.15. The molecule has 16 heavy (non-hydrogen) atoms. The van der Waals surface area contributed by atoms with Gasteiger partial charge in [0.2, 0.25) is 0 Å². The van der Waals surface area contributed by atoms with Crippen LogP contribution in [-0.4, -0.2) is 74.8 Å². The van der Waals surface area contributed by atoms with Gasteiger partial charge in [0.1, 0.15) is 0 Å². The van der Waals surface area contributed by atoms with Crippen molar-refractivity contribution >= 4 is 0 Å². The van der Waals surface area contributed by atoms with E-state index >= 15 is 0 Å². The highest BCUT2D eigenvalue weighted by atomic mass is 16.5. The van der Waals surface area contributed by atoms with Gasteiger partial charge in [0, 0.05) is 13.1 Å². The van der Waals surface area contributed by atoms with E-state index in [1.165, 1.54) is 0 Å². The largest absolute Gasteiger partial charge is 0.389 e. The number of hydrogen-bond donors (Lipinski definition) is 2. The molecule has 2 atom stereocenters. The number of morpholine rings is 1. The second-order valence-corrected chi connectivity index (χ2v) is 4.47. The number of aliphatic hydroxyl groups excluding tert-OH is 1. The van der Waals surface area contributed by atoms with Crippen LogP contribution < -0.4 is 5.32 Å². The summed E-state index contributed by atoms with van der Waals surface area (Å²) in [6.07, 6.45) is 0.784. The molecule has 2 rings (SSSR count). The van der Waals surface area contributed by atoms with Gasteiger partial charge in [0.05, 0.1) is 38.6 Å². The molecule has 5 nitrogen and oxygen atoms in total. The lowest BCUT2D eigenvalue weighted by atomic mass is 10.2. The average molecular weight is 230 g/mol. The normalized spacial score (nSPS) is 32.1. The minimum Gasteiger partial charge on any atom is -0.389 e. The van der Waals surface area contributed by atoms with Gasteiger partial charge in [-0.25, -0.2) is 0 Å². The number of hydrogen-bond acceptors (Lipinski definition) is 5. The van der Waals surface area contributed by atoms with E-state index in [1.807, 2.05) is 0 Å². The van der Waals surface area contributed by atoms with Crippen LogP contribution in [0.5, 0.6) is 0 Å². The van der Waals surface area contributed by atoms with Crippen LogP contribution in [0.15, 0.2) is 0 Å². The Morgan fingerprint density at radius 1 is 1.19 bits per heavy atom. The standard InChI is InChI=1S/C11H22N2O3/c14-11-9-16-8-10(11)12-2-1-3-13-4-6-15-7-5-13/h10-12,14H,1-9H2. The molecule has 0 amide bonds. The number of nitrogens with one attached hydrogen (secondary N) is 1. The second-order valence-electron chi connectivity index (χ2n) is 4.47. The zero-order valence-corrected chi connectivity index (χ0v) is 9.73. The maximum Gasteiger partial charge on any atom is 0.0948 e. The van der Waals surface area contributed by atoms with Crippen molar-refractivity contribution in [2.75, 3.05) is 52.6 Å². The van der Waals surface area contributed by atoms with E-state index in [0.717, 1.165) is 45.8 Å². The van der Waals surface area contributed by atoms with Crippen molar-refractivity contribution in [1.29, 1.82) is 0 Å². The van der Waals surface area contributed by atoms with Gasteiger partial charge in [-0.05, 0) is 19.5 Å². The Labute approximate surface area is 96.7 Å². The van der Waals surface area contributed by atoms with Crippen LogP contribution in [0.3, 0.4) is 0 Å². The summed E-state index contributed by atoms with van der Waals surface area (Å²) < 4.78 is 10.5. The van der Waals surface area contributed by atoms with Crippen molar-refractivity contribution in [3.63, 3.8) is 0 Å². The zero-order chi connectivity index (χ0) is 11.2. The first kappa shape index (κ1) is 12.3. The molecule has 2 fully saturated rings. The smallest absolute Gasteiger partial charge is 0.0948 e. The van der Waals surface area contributed by atoms with Gasteiger partial charge in [-0.2, -0.15) is 0 Å². The van der Waals surface area contributed by atoms with Crippen LogP contribution in [0.4, 0.5) is 0 Å². The number of ether oxygens (including phenoxy) is 2. The van der Waals surface area contributed by atoms with E-state index in [1.54, 1.807) is 0 Å². The van der Waals surface area contributed by atoms with E-state index in [9.17, 15) is 5.11 Å². The van der Waals surface area contributed by atoms with Crippen molar-refractivity contribution in [1.82, 2.24) is 10.2 Å². The predicted octanol–water partition coefficient (Wildman–Crippen LogP) is -0.942. The van der Waals surface area contributed by atoms with E-state index < -0.39 is 0 Å². The summed E-state index contributed by atoms with van der Waals surface area (Å²) in [6.45, 7) is 7.00. The molecule has 2 aliphatic rings. The Morgan fingerprint density at radius 3 is 2.69 bits per heavy atom. The number of rotatable bonds is 5. The molecule has 0 saturated carbocycles. The average Bonchev–Trinajstić information content (AvgIpc) is 2.72. The minimum atomic E-state index is -0.330. The van der Waals surface area contributed by atoms with E-state index in [-0.39, 0.29) is 12.1 Å². The summed E-state index contributed by atoms with van der Waals surface area (Å²) >= 11 is 0. The molecule has 2 N–H and O–H groups in total. The predicted molar refractivity (Wildman–Crippen MR) is 60.5 cm³/mol. The van der Waals surface area contributed by atoms with Crippen LogP contribution in [0.1, 0.15) is 6.42 Å². The monoisotopic (exact) mass is 230 g/mol. The minimum absolute atomic E-state index is 0.129. The summed E-state index contributed by atoms with van der Waals surface area (Å²) in [5, 5.41) is 12.9. The summed E-state index contributed by atoms with van der Waals surface area (Å²) in [5.41, 5.74) is 0. The third-order valence-electron chi connectivity index (χ3n) is 3.21. The van der Waals surface area contributed by atoms with Gasteiger partial charge in [0.15, 0.2) is 0 Å². The highest BCUT2D eigenvalue weighted by Crippen LogP contribution is 2.05. The Hall–Kier alpha value is -0.200. The molecular weight excluding hydrogens is 208 g/mol. The van der Waals surface area contributed by atoms with Crippen molar-refractivity contribution < 1.29 is 14.6 Å². The number of nitrogens with zero attached hydrogens (tertiary/aromatic N) is 1. The lowest BCUT2D eigenvalue weighted by Gasteiger charge is -2.26. The zero-order valence-electron chi connectivity index (χ0n) is 9.73. The molecule has 2 saturated heterocycles. The molecule has 94 valence electrons. The topological polar surface area (TPSA) is 54.0 Å². The molecule has 0 spiro atoms. The maximum absolute atomic E-state index is 9.52. The number of aliphatic hydroxyl groups is 1. The van der Waals surface area contributed by atoms with Gasteiger partial charge in [-0.15, -0.1) is 0 Å². The molecule has 0 aromatic rings. The first-order valence-corrected chi connectivity index (χ1v) is 6.15. The lowest BCUT2D eigenvalue weighted by Crippen LogP contribution is -2.41. The first-order valence-electron chi connectivity index (χ1n) is 6.15. The van der Waals surface area contributed by atoms with Crippen molar-refractivity contribution in [2.24, 2.45) is 0 Å². The van der Waals surface area contributed by atoms with Crippen molar-refractivity contribution in [3.05, 3.63) is 0 Å². The van der Waals surface area contributed by atoms with Crippen LogP contribution in [0.2, 0.25) is 0 Å². The van der Waals surface area contributed by atoms with Crippen LogP contribution in [0, 0.1) is 0 Å². The Kier molecular flexibility index (Phi) is 4.99. The Morgan fingerprint density at radius 2 is 2.00 bits per heavy atom. The van der Waals surface area contributed by atoms with Crippen LogP contribution >= 0.6 is 0 Å². The molecule has 2 heterocycles. The second kappa shape index (κ2) is 6.51. The highest BCUT2D eigenvalue weighted by Gasteiger charge is 2.25. The third kappa shape index (κ3) is 3.68. The van der Waals surface area contributed by atoms with E-state index in [2.05, 4.69) is 10.2 Å². The third-order valence-corrected chi connectivity index (χ3v) is 3.21. The van der Waals surface area contributed by atoms with E-state index in [0.29, 0.717) is 13.2 Å². The van der Waals surface area contributed by atoms with Crippen LogP contribution in [0.25, 0.3) is 0 Å². The quantitative estimate of drug-likeness (QED) is 0.597. The fourth-order valence-electron chi connectivity index (χ4n) is 2.15. The summed E-state index contributed by atoms with van der Waals surface area (Å²) in [4.78, 5) is 2.42. The molecule has 0 aliphatic carbocycles. The van der Waals surface area contributed by atoms with Crippen molar-refractivity contribution in [3.8, 4) is 0 Å². The van der Waals surface area contributed by atoms with Gasteiger partial charge in [-0.1, -0.05) is 0 Å². The van der Waals surface area contributed by atoms with Crippen LogP contribution in [-0.2, 0) is 9.47 Å². The summed E-state index contributed by atoms with van der Waals surface area (Å²) in [7, 11) is 0. The van der Waals surface area contributed by atoms with Gasteiger partial charge in [0.25, 0.3) is 0 Å². The van der Waals surface area contributed by atoms with Gasteiger partial charge < -0.3 is 19.9 Å². The van der Waals surface area contributed by atoms with Gasteiger partial charge >= 0.3 is 0 Å². The molecule has 0 bridgehead atoms. The molecule has 0 aromatic heterocycles. The molecule has 2 unspecified atom stereocenters. The first-order chi connectivity index (χ1) is 7.86.